The predicted molar refractivity (Wildman–Crippen MR) is 102 cm³/mol. The summed E-state index contributed by atoms with van der Waals surface area (Å²) in [5, 5.41) is 0. The molecular weight excluding hydrogens is 351 g/mol. The van der Waals surface area contributed by atoms with Crippen LogP contribution in [0, 0.1) is 12.7 Å². The minimum absolute atomic E-state index is 0.0505. The van der Waals surface area contributed by atoms with Gasteiger partial charge in [-0.25, -0.2) is 12.8 Å². The van der Waals surface area contributed by atoms with Gasteiger partial charge in [-0.05, 0) is 36.1 Å². The average Bonchev–Trinajstić information content (AvgIpc) is 2.63. The molecule has 0 aromatic heterocycles. The van der Waals surface area contributed by atoms with Crippen LogP contribution in [0.2, 0.25) is 0 Å². The summed E-state index contributed by atoms with van der Waals surface area (Å²) in [7, 11) is -3.31. The van der Waals surface area contributed by atoms with E-state index in [0.717, 1.165) is 17.7 Å². The number of halogens is 1. The van der Waals surface area contributed by atoms with Crippen LogP contribution in [0.4, 0.5) is 4.39 Å². The lowest BCUT2D eigenvalue weighted by molar-refractivity contribution is 0.189. The molecule has 1 aliphatic heterocycles. The third-order valence-corrected chi connectivity index (χ3v) is 6.81. The first-order chi connectivity index (χ1) is 12.5. The van der Waals surface area contributed by atoms with Gasteiger partial charge < -0.3 is 4.90 Å². The zero-order valence-corrected chi connectivity index (χ0v) is 15.9. The SMILES string of the molecule is Cc1ccccc1CS(=O)(=O)N1CCN(CCc2ccccc2F)CC1. The summed E-state index contributed by atoms with van der Waals surface area (Å²) < 4.78 is 40.7. The zero-order chi connectivity index (χ0) is 18.6. The molecule has 0 unspecified atom stereocenters. The molecule has 1 saturated heterocycles. The van der Waals surface area contributed by atoms with Crippen molar-refractivity contribution in [2.24, 2.45) is 0 Å². The number of sulfonamides is 1. The molecule has 1 fully saturated rings. The fourth-order valence-electron chi connectivity index (χ4n) is 3.27. The summed E-state index contributed by atoms with van der Waals surface area (Å²) in [6.07, 6.45) is 0.642. The van der Waals surface area contributed by atoms with Gasteiger partial charge in [0.2, 0.25) is 10.0 Å². The first-order valence-corrected chi connectivity index (χ1v) is 10.5. The molecular formula is C20H25FN2O2S. The minimum atomic E-state index is -3.31. The third-order valence-electron chi connectivity index (χ3n) is 4.98. The van der Waals surface area contributed by atoms with Crippen LogP contribution in [-0.2, 0) is 22.2 Å². The fraction of sp³-hybridized carbons (Fsp3) is 0.400. The molecule has 0 amide bonds. The van der Waals surface area contributed by atoms with E-state index in [0.29, 0.717) is 38.2 Å². The van der Waals surface area contributed by atoms with Crippen molar-refractivity contribution >= 4 is 10.0 Å². The van der Waals surface area contributed by atoms with Gasteiger partial charge in [0.1, 0.15) is 5.82 Å². The van der Waals surface area contributed by atoms with Crippen molar-refractivity contribution in [3.8, 4) is 0 Å². The first kappa shape index (κ1) is 19.0. The molecule has 0 aliphatic carbocycles. The number of hydrogen-bond donors (Lipinski definition) is 0. The average molecular weight is 376 g/mol. The molecule has 0 spiro atoms. The van der Waals surface area contributed by atoms with Crippen molar-refractivity contribution in [1.29, 1.82) is 0 Å². The molecule has 6 heteroatoms. The summed E-state index contributed by atoms with van der Waals surface area (Å²) in [5.74, 6) is -0.124. The van der Waals surface area contributed by atoms with E-state index >= 15 is 0 Å². The van der Waals surface area contributed by atoms with Crippen LogP contribution in [0.25, 0.3) is 0 Å². The van der Waals surface area contributed by atoms with Gasteiger partial charge >= 0.3 is 0 Å². The van der Waals surface area contributed by atoms with E-state index < -0.39 is 10.0 Å². The lowest BCUT2D eigenvalue weighted by Gasteiger charge is -2.34. The highest BCUT2D eigenvalue weighted by atomic mass is 32.2. The lowest BCUT2D eigenvalue weighted by atomic mass is 10.1. The van der Waals surface area contributed by atoms with Gasteiger partial charge in [-0.1, -0.05) is 42.5 Å². The molecule has 0 atom stereocenters. The zero-order valence-electron chi connectivity index (χ0n) is 15.1. The van der Waals surface area contributed by atoms with Crippen molar-refractivity contribution < 1.29 is 12.8 Å². The molecule has 140 valence electrons. The number of nitrogens with zero attached hydrogens (tertiary/aromatic N) is 2. The Hall–Kier alpha value is -1.76. The Morgan fingerprint density at radius 2 is 1.54 bits per heavy atom. The molecule has 0 saturated carbocycles. The van der Waals surface area contributed by atoms with E-state index in [4.69, 9.17) is 0 Å². The van der Waals surface area contributed by atoms with Crippen molar-refractivity contribution in [3.05, 3.63) is 71.0 Å². The van der Waals surface area contributed by atoms with Crippen LogP contribution in [0.1, 0.15) is 16.7 Å². The molecule has 1 aliphatic rings. The van der Waals surface area contributed by atoms with E-state index in [9.17, 15) is 12.8 Å². The van der Waals surface area contributed by atoms with E-state index in [1.165, 1.54) is 6.07 Å². The molecule has 4 nitrogen and oxygen atoms in total. The van der Waals surface area contributed by atoms with Crippen molar-refractivity contribution in [1.82, 2.24) is 9.21 Å². The molecule has 0 bridgehead atoms. The van der Waals surface area contributed by atoms with E-state index in [-0.39, 0.29) is 11.6 Å². The van der Waals surface area contributed by atoms with Gasteiger partial charge in [-0.15, -0.1) is 0 Å². The summed E-state index contributed by atoms with van der Waals surface area (Å²) >= 11 is 0. The van der Waals surface area contributed by atoms with E-state index in [2.05, 4.69) is 4.90 Å². The smallest absolute Gasteiger partial charge is 0.218 e. The van der Waals surface area contributed by atoms with Gasteiger partial charge in [0.05, 0.1) is 5.75 Å². The maximum absolute atomic E-state index is 13.7. The largest absolute Gasteiger partial charge is 0.300 e. The Kier molecular flexibility index (Phi) is 6.06. The molecule has 0 N–H and O–H groups in total. The Bertz CT molecular complexity index is 846. The van der Waals surface area contributed by atoms with Crippen molar-refractivity contribution in [2.45, 2.75) is 19.1 Å². The van der Waals surface area contributed by atoms with Gasteiger partial charge in [-0.3, -0.25) is 0 Å². The molecule has 2 aromatic carbocycles. The summed E-state index contributed by atoms with van der Waals surface area (Å²) in [6, 6.07) is 14.4. The molecule has 26 heavy (non-hydrogen) atoms. The van der Waals surface area contributed by atoms with Crippen LogP contribution in [-0.4, -0.2) is 50.3 Å². The van der Waals surface area contributed by atoms with Crippen molar-refractivity contribution in [2.75, 3.05) is 32.7 Å². The normalized spacial score (nSPS) is 16.7. The second-order valence-corrected chi connectivity index (χ2v) is 8.73. The number of rotatable bonds is 6. The summed E-state index contributed by atoms with van der Waals surface area (Å²) in [4.78, 5) is 2.20. The highest BCUT2D eigenvalue weighted by molar-refractivity contribution is 7.88. The van der Waals surface area contributed by atoms with Crippen LogP contribution in [0.5, 0.6) is 0 Å². The highest BCUT2D eigenvalue weighted by Crippen LogP contribution is 2.17. The minimum Gasteiger partial charge on any atom is -0.300 e. The Morgan fingerprint density at radius 1 is 0.923 bits per heavy atom. The summed E-state index contributed by atoms with van der Waals surface area (Å²) in [5.41, 5.74) is 2.57. The lowest BCUT2D eigenvalue weighted by Crippen LogP contribution is -2.49. The van der Waals surface area contributed by atoms with Crippen molar-refractivity contribution in [3.63, 3.8) is 0 Å². The number of hydrogen-bond acceptors (Lipinski definition) is 3. The molecule has 3 rings (SSSR count). The quantitative estimate of drug-likeness (QED) is 0.778. The first-order valence-electron chi connectivity index (χ1n) is 8.94. The van der Waals surface area contributed by atoms with Gasteiger partial charge in [0.25, 0.3) is 0 Å². The van der Waals surface area contributed by atoms with E-state index in [1.54, 1.807) is 16.4 Å². The monoisotopic (exact) mass is 376 g/mol. The van der Waals surface area contributed by atoms with Gasteiger partial charge in [0, 0.05) is 32.7 Å². The molecule has 0 radical (unpaired) electrons. The Labute approximate surface area is 155 Å². The number of aryl methyl sites for hydroxylation is 1. The van der Waals surface area contributed by atoms with E-state index in [1.807, 2.05) is 37.3 Å². The second kappa shape index (κ2) is 8.29. The fourth-order valence-corrected chi connectivity index (χ4v) is 4.89. The highest BCUT2D eigenvalue weighted by Gasteiger charge is 2.27. The maximum atomic E-state index is 13.7. The van der Waals surface area contributed by atoms with Crippen LogP contribution in [0.15, 0.2) is 48.5 Å². The molecule has 1 heterocycles. The van der Waals surface area contributed by atoms with Gasteiger partial charge in [0.15, 0.2) is 0 Å². The number of piperazine rings is 1. The maximum Gasteiger partial charge on any atom is 0.218 e. The molecule has 2 aromatic rings. The topological polar surface area (TPSA) is 40.6 Å². The standard InChI is InChI=1S/C20H25FN2O2S/c1-17-6-2-3-8-19(17)16-26(24,25)23-14-12-22(13-15-23)11-10-18-7-4-5-9-20(18)21/h2-9H,10-16H2,1H3. The third kappa shape index (κ3) is 4.69. The summed E-state index contributed by atoms with van der Waals surface area (Å²) in [6.45, 7) is 5.03. The van der Waals surface area contributed by atoms with Gasteiger partial charge in [-0.2, -0.15) is 4.31 Å². The van der Waals surface area contributed by atoms with Crippen LogP contribution < -0.4 is 0 Å². The Balaban J connectivity index is 1.53. The number of benzene rings is 2. The van der Waals surface area contributed by atoms with Crippen LogP contribution in [0.3, 0.4) is 0 Å². The predicted octanol–water partition coefficient (Wildman–Crippen LogP) is 2.82. The second-order valence-electron chi connectivity index (χ2n) is 6.76. The van der Waals surface area contributed by atoms with Crippen LogP contribution >= 0.6 is 0 Å². The Morgan fingerprint density at radius 3 is 2.19 bits per heavy atom.